The van der Waals surface area contributed by atoms with Gasteiger partial charge in [0.05, 0.1) is 12.6 Å². The lowest BCUT2D eigenvalue weighted by molar-refractivity contribution is 0.0494. The van der Waals surface area contributed by atoms with Crippen LogP contribution in [0.5, 0.6) is 0 Å². The van der Waals surface area contributed by atoms with Crippen LogP contribution < -0.4 is 0 Å². The Morgan fingerprint density at radius 2 is 1.50 bits per heavy atom. The van der Waals surface area contributed by atoms with Crippen LogP contribution in [-0.2, 0) is 24.4 Å². The molecule has 3 aromatic carbocycles. The molecule has 1 saturated heterocycles. The summed E-state index contributed by atoms with van der Waals surface area (Å²) in [6.07, 6.45) is 0. The van der Waals surface area contributed by atoms with Gasteiger partial charge in [0.2, 0.25) is 0 Å². The summed E-state index contributed by atoms with van der Waals surface area (Å²) in [5.74, 6) is 0. The van der Waals surface area contributed by atoms with Crippen LogP contribution in [0.4, 0.5) is 0 Å². The van der Waals surface area contributed by atoms with E-state index in [1.807, 2.05) is 72.8 Å². The van der Waals surface area contributed by atoms with Crippen LogP contribution >= 0.6 is 23.2 Å². The van der Waals surface area contributed by atoms with E-state index in [1.165, 1.54) is 4.31 Å². The Labute approximate surface area is 200 Å². The Bertz CT molecular complexity index is 1030. The Morgan fingerprint density at radius 3 is 2.00 bits per heavy atom. The van der Waals surface area contributed by atoms with Crippen LogP contribution in [-0.4, -0.2) is 42.2 Å². The highest BCUT2D eigenvalue weighted by atomic mass is 35.5. The summed E-state index contributed by atoms with van der Waals surface area (Å²) in [6, 6.07) is 22.7. The molecular weight excluding hydrogens is 467 g/mol. The van der Waals surface area contributed by atoms with Gasteiger partial charge in [0, 0.05) is 47.0 Å². The fraction of sp³-hybridized carbons (Fsp3) is 0.250. The zero-order chi connectivity index (χ0) is 22.7. The van der Waals surface area contributed by atoms with Gasteiger partial charge in [-0.15, -0.1) is 0 Å². The number of aliphatic hydroxyl groups excluding tert-OH is 1. The number of rotatable bonds is 8. The first kappa shape index (κ1) is 23.4. The number of hydrogen-bond acceptors (Lipinski definition) is 4. The molecule has 0 spiro atoms. The molecule has 4 rings (SSSR count). The number of aliphatic hydroxyl groups is 1. The molecule has 1 fully saturated rings. The molecule has 5 nitrogen and oxygen atoms in total. The lowest BCUT2D eigenvalue weighted by Crippen LogP contribution is -2.60. The molecule has 0 aromatic heterocycles. The molecule has 1 aliphatic rings. The maximum Gasteiger partial charge on any atom is 0.0681 e. The zero-order valence-electron chi connectivity index (χ0n) is 17.2. The summed E-state index contributed by atoms with van der Waals surface area (Å²) in [5, 5.41) is 10.7. The van der Waals surface area contributed by atoms with Gasteiger partial charge in [-0.2, -0.15) is 0 Å². The number of halogens is 2. The van der Waals surface area contributed by atoms with E-state index in [-0.39, 0.29) is 25.2 Å². The molecule has 1 aliphatic heterocycles. The molecular formula is C24H23Cl2N2O3S-. The summed E-state index contributed by atoms with van der Waals surface area (Å²) < 4.78 is 25.5. The number of likely N-dealkylation sites (tertiary alicyclic amines) is 1. The summed E-state index contributed by atoms with van der Waals surface area (Å²) in [4.78, 5) is 2.25. The molecule has 0 aliphatic carbocycles. The van der Waals surface area contributed by atoms with Gasteiger partial charge < -0.3 is 9.66 Å². The van der Waals surface area contributed by atoms with E-state index in [9.17, 15) is 13.9 Å². The second-order valence-electron chi connectivity index (χ2n) is 7.88. The average Bonchev–Trinajstić information content (AvgIpc) is 2.76. The van der Waals surface area contributed by atoms with Crippen molar-refractivity contribution >= 4 is 34.5 Å². The van der Waals surface area contributed by atoms with Crippen LogP contribution in [0.3, 0.4) is 0 Å². The van der Waals surface area contributed by atoms with Gasteiger partial charge in [0.25, 0.3) is 0 Å². The second kappa shape index (κ2) is 10.4. The van der Waals surface area contributed by atoms with Crippen LogP contribution in [0.2, 0.25) is 10.0 Å². The third-order valence-electron chi connectivity index (χ3n) is 5.74. The third kappa shape index (κ3) is 5.41. The van der Waals surface area contributed by atoms with E-state index in [4.69, 9.17) is 23.2 Å². The molecule has 0 amide bonds. The molecule has 1 atom stereocenters. The SMILES string of the molecule is O=S([O-])N(Cc1cccc(CO)c1)C1CN(C(c2ccc(Cl)cc2)c2ccc(Cl)cc2)C1. The maximum atomic E-state index is 12.0. The van der Waals surface area contributed by atoms with Gasteiger partial charge in [0.1, 0.15) is 0 Å². The van der Waals surface area contributed by atoms with E-state index in [0.29, 0.717) is 23.1 Å². The first-order valence-corrected chi connectivity index (χ1v) is 12.0. The first-order valence-electron chi connectivity index (χ1n) is 10.2. The normalized spacial score (nSPS) is 15.8. The largest absolute Gasteiger partial charge is 0.760 e. The van der Waals surface area contributed by atoms with E-state index in [2.05, 4.69) is 4.90 Å². The molecule has 0 bridgehead atoms. The molecule has 3 aromatic rings. The van der Waals surface area contributed by atoms with Gasteiger partial charge in [0.15, 0.2) is 0 Å². The van der Waals surface area contributed by atoms with Gasteiger partial charge in [-0.25, -0.2) is 4.31 Å². The predicted octanol–water partition coefficient (Wildman–Crippen LogP) is 4.56. The molecule has 32 heavy (non-hydrogen) atoms. The Morgan fingerprint density at radius 1 is 0.969 bits per heavy atom. The fourth-order valence-corrected chi connectivity index (χ4v) is 4.98. The lowest BCUT2D eigenvalue weighted by atomic mass is 9.93. The van der Waals surface area contributed by atoms with Crippen LogP contribution in [0.15, 0.2) is 72.8 Å². The number of benzene rings is 3. The Kier molecular flexibility index (Phi) is 7.63. The van der Waals surface area contributed by atoms with Crippen molar-refractivity contribution in [2.75, 3.05) is 13.1 Å². The highest BCUT2D eigenvalue weighted by Crippen LogP contribution is 2.35. The first-order chi connectivity index (χ1) is 15.4. The van der Waals surface area contributed by atoms with E-state index >= 15 is 0 Å². The molecule has 168 valence electrons. The average molecular weight is 490 g/mol. The topological polar surface area (TPSA) is 66.8 Å². The maximum absolute atomic E-state index is 12.0. The van der Waals surface area contributed by atoms with E-state index < -0.39 is 11.3 Å². The van der Waals surface area contributed by atoms with Crippen LogP contribution in [0.25, 0.3) is 0 Å². The summed E-state index contributed by atoms with van der Waals surface area (Å²) in [7, 11) is 0. The van der Waals surface area contributed by atoms with Crippen molar-refractivity contribution in [3.63, 3.8) is 0 Å². The van der Waals surface area contributed by atoms with Gasteiger partial charge in [-0.1, -0.05) is 71.7 Å². The Balaban J connectivity index is 1.53. The monoisotopic (exact) mass is 489 g/mol. The van der Waals surface area contributed by atoms with Crippen LogP contribution in [0, 0.1) is 0 Å². The minimum atomic E-state index is -2.36. The van der Waals surface area contributed by atoms with E-state index in [1.54, 1.807) is 0 Å². The zero-order valence-corrected chi connectivity index (χ0v) is 19.6. The van der Waals surface area contributed by atoms with Crippen molar-refractivity contribution in [3.05, 3.63) is 105 Å². The highest BCUT2D eigenvalue weighted by Gasteiger charge is 2.37. The quantitative estimate of drug-likeness (QED) is 0.471. The highest BCUT2D eigenvalue weighted by molar-refractivity contribution is 7.76. The standard InChI is InChI=1S/C24H24Cl2N2O3S/c25-21-8-4-19(5-9-21)24(20-6-10-22(26)11-7-20)27-14-23(15-27)28(32(30)31)13-17-2-1-3-18(12-17)16-29/h1-12,23-24,29H,13-16H2,(H,30,31)/p-1. The lowest BCUT2D eigenvalue weighted by Gasteiger charge is -2.49. The molecule has 8 heteroatoms. The second-order valence-corrected chi connectivity index (χ2v) is 9.66. The molecule has 1 N–H and O–H groups in total. The number of nitrogens with zero attached hydrogens (tertiary/aromatic N) is 2. The van der Waals surface area contributed by atoms with E-state index in [0.717, 1.165) is 22.3 Å². The summed E-state index contributed by atoms with van der Waals surface area (Å²) >= 11 is 9.82. The smallest absolute Gasteiger partial charge is 0.0681 e. The van der Waals surface area contributed by atoms with Crippen molar-refractivity contribution in [3.8, 4) is 0 Å². The molecule has 1 unspecified atom stereocenters. The van der Waals surface area contributed by atoms with Crippen molar-refractivity contribution in [2.24, 2.45) is 0 Å². The minimum Gasteiger partial charge on any atom is -0.760 e. The van der Waals surface area contributed by atoms with Gasteiger partial charge in [-0.3, -0.25) is 9.11 Å². The van der Waals surface area contributed by atoms with Crippen molar-refractivity contribution in [2.45, 2.75) is 25.2 Å². The summed E-state index contributed by atoms with van der Waals surface area (Å²) in [6.45, 7) is 1.40. The molecule has 0 saturated carbocycles. The fourth-order valence-electron chi connectivity index (χ4n) is 4.09. The summed E-state index contributed by atoms with van der Waals surface area (Å²) in [5.41, 5.74) is 3.78. The van der Waals surface area contributed by atoms with Crippen molar-refractivity contribution < 1.29 is 13.9 Å². The minimum absolute atomic E-state index is 0.0274. The Hall–Kier alpha value is -1.77. The van der Waals surface area contributed by atoms with Gasteiger partial charge >= 0.3 is 0 Å². The van der Waals surface area contributed by atoms with Crippen LogP contribution in [0.1, 0.15) is 28.3 Å². The predicted molar refractivity (Wildman–Crippen MR) is 127 cm³/mol. The third-order valence-corrected chi connectivity index (χ3v) is 7.05. The van der Waals surface area contributed by atoms with Gasteiger partial charge in [-0.05, 0) is 46.5 Å². The number of hydrogen-bond donors (Lipinski definition) is 1. The van der Waals surface area contributed by atoms with Crippen molar-refractivity contribution in [1.82, 2.24) is 9.21 Å². The molecule has 0 radical (unpaired) electrons. The van der Waals surface area contributed by atoms with Crippen molar-refractivity contribution in [1.29, 1.82) is 0 Å². The molecule has 1 heterocycles.